The Hall–Kier alpha value is -3.25. The highest BCUT2D eigenvalue weighted by Gasteiger charge is 2.22. The molecular weight excluding hydrogens is 350 g/mol. The van der Waals surface area contributed by atoms with Gasteiger partial charge in [-0.2, -0.15) is 5.10 Å². The van der Waals surface area contributed by atoms with Gasteiger partial charge in [-0.25, -0.2) is 0 Å². The van der Waals surface area contributed by atoms with E-state index in [1.165, 1.54) is 5.56 Å². The lowest BCUT2D eigenvalue weighted by molar-refractivity contribution is -0.124. The van der Waals surface area contributed by atoms with Crippen LogP contribution in [0.3, 0.4) is 0 Å². The Kier molecular flexibility index (Phi) is 5.30. The lowest BCUT2D eigenvalue weighted by Gasteiger charge is -2.12. The second kappa shape index (κ2) is 8.19. The van der Waals surface area contributed by atoms with E-state index >= 15 is 0 Å². The van der Waals surface area contributed by atoms with Crippen LogP contribution in [0, 0.1) is 0 Å². The molecule has 1 aliphatic rings. The van der Waals surface area contributed by atoms with Crippen LogP contribution in [0.25, 0.3) is 17.3 Å². The predicted octanol–water partition coefficient (Wildman–Crippen LogP) is 2.57. The molecule has 4 rings (SSSR count). The number of amides is 1. The Balaban J connectivity index is 1.61. The second-order valence-corrected chi connectivity index (χ2v) is 7.02. The van der Waals surface area contributed by atoms with Crippen molar-refractivity contribution in [1.82, 2.24) is 19.7 Å². The molecule has 0 unspecified atom stereocenters. The highest BCUT2D eigenvalue weighted by molar-refractivity contribution is 5.93. The van der Waals surface area contributed by atoms with Crippen molar-refractivity contribution in [3.8, 4) is 11.3 Å². The Bertz CT molecular complexity index is 965. The van der Waals surface area contributed by atoms with Gasteiger partial charge in [0.15, 0.2) is 0 Å². The topological polar surface area (TPSA) is 77.0 Å². The summed E-state index contributed by atoms with van der Waals surface area (Å²) in [5, 5.41) is 4.74. The summed E-state index contributed by atoms with van der Waals surface area (Å²) in [4.78, 5) is 18.4. The summed E-state index contributed by atoms with van der Waals surface area (Å²) in [6, 6.07) is 14.1. The zero-order valence-electron chi connectivity index (χ0n) is 15.6. The first kappa shape index (κ1) is 18.1. The third-order valence-electron chi connectivity index (χ3n) is 4.85. The molecule has 1 aromatic carbocycles. The van der Waals surface area contributed by atoms with Gasteiger partial charge in [-0.1, -0.05) is 30.3 Å². The van der Waals surface area contributed by atoms with Crippen LogP contribution in [0.1, 0.15) is 17.5 Å². The van der Waals surface area contributed by atoms with Crippen molar-refractivity contribution in [2.75, 3.05) is 13.1 Å². The molecule has 6 nitrogen and oxygen atoms in total. The van der Waals surface area contributed by atoms with Crippen LogP contribution in [0.5, 0.6) is 0 Å². The molecule has 1 amide bonds. The van der Waals surface area contributed by atoms with Gasteiger partial charge in [0.05, 0.1) is 6.54 Å². The zero-order valence-corrected chi connectivity index (χ0v) is 15.6. The molecule has 28 heavy (non-hydrogen) atoms. The van der Waals surface area contributed by atoms with E-state index in [0.717, 1.165) is 23.2 Å². The highest BCUT2D eigenvalue weighted by Crippen LogP contribution is 2.23. The van der Waals surface area contributed by atoms with Gasteiger partial charge in [0.25, 0.3) is 0 Å². The third kappa shape index (κ3) is 4.18. The molecule has 142 valence electrons. The van der Waals surface area contributed by atoms with Crippen molar-refractivity contribution >= 4 is 12.0 Å². The number of carbonyl (C=O) groups is 1. The van der Waals surface area contributed by atoms with E-state index in [1.807, 2.05) is 47.3 Å². The van der Waals surface area contributed by atoms with Gasteiger partial charge in [0.2, 0.25) is 5.91 Å². The van der Waals surface area contributed by atoms with E-state index in [-0.39, 0.29) is 11.9 Å². The van der Waals surface area contributed by atoms with Crippen LogP contribution in [0.4, 0.5) is 0 Å². The number of benzene rings is 1. The number of rotatable bonds is 5. The van der Waals surface area contributed by atoms with Crippen molar-refractivity contribution in [2.24, 2.45) is 5.73 Å². The van der Waals surface area contributed by atoms with Gasteiger partial charge in [-0.15, -0.1) is 0 Å². The second-order valence-electron chi connectivity index (χ2n) is 7.02. The summed E-state index contributed by atoms with van der Waals surface area (Å²) in [5.41, 5.74) is 9.70. The number of pyridine rings is 1. The molecule has 1 fully saturated rings. The van der Waals surface area contributed by atoms with Crippen LogP contribution in [0.2, 0.25) is 0 Å². The van der Waals surface area contributed by atoms with E-state index < -0.39 is 0 Å². The molecule has 3 heterocycles. The summed E-state index contributed by atoms with van der Waals surface area (Å²) in [7, 11) is 0. The van der Waals surface area contributed by atoms with Gasteiger partial charge in [-0.05, 0) is 30.2 Å². The van der Waals surface area contributed by atoms with Gasteiger partial charge in [0, 0.05) is 54.9 Å². The standard InChI is InChI=1S/C22H23N5O/c23-20-10-12-26(16-20)21(28)9-8-19-15-27(14-17-5-2-1-3-6-17)25-22(19)18-7-4-11-24-13-18/h1-9,11,13,15,20H,10,12,14,16,23H2/b9-8+/t20-/m1/s1. The number of nitrogens with zero attached hydrogens (tertiary/aromatic N) is 4. The summed E-state index contributed by atoms with van der Waals surface area (Å²) in [6.07, 6.45) is 9.79. The van der Waals surface area contributed by atoms with Crippen LogP contribution in [-0.4, -0.2) is 44.7 Å². The van der Waals surface area contributed by atoms with E-state index in [9.17, 15) is 4.79 Å². The number of carbonyl (C=O) groups excluding carboxylic acids is 1. The van der Waals surface area contributed by atoms with Crippen LogP contribution >= 0.6 is 0 Å². The quantitative estimate of drug-likeness (QED) is 0.698. The van der Waals surface area contributed by atoms with E-state index in [2.05, 4.69) is 17.1 Å². The molecule has 2 N–H and O–H groups in total. The Morgan fingerprint density at radius 1 is 1.21 bits per heavy atom. The molecule has 6 heteroatoms. The molecule has 0 aliphatic carbocycles. The monoisotopic (exact) mass is 373 g/mol. The van der Waals surface area contributed by atoms with Gasteiger partial charge < -0.3 is 10.6 Å². The minimum absolute atomic E-state index is 0.0131. The summed E-state index contributed by atoms with van der Waals surface area (Å²) < 4.78 is 1.90. The lowest BCUT2D eigenvalue weighted by Crippen LogP contribution is -2.30. The van der Waals surface area contributed by atoms with Gasteiger partial charge in [-0.3, -0.25) is 14.5 Å². The fourth-order valence-corrected chi connectivity index (χ4v) is 3.39. The van der Waals surface area contributed by atoms with Crippen molar-refractivity contribution < 1.29 is 4.79 Å². The first-order chi connectivity index (χ1) is 13.7. The third-order valence-corrected chi connectivity index (χ3v) is 4.85. The molecule has 3 aromatic rings. The number of likely N-dealkylation sites (tertiary alicyclic amines) is 1. The van der Waals surface area contributed by atoms with Crippen LogP contribution in [0.15, 0.2) is 67.1 Å². The first-order valence-corrected chi connectivity index (χ1v) is 9.43. The van der Waals surface area contributed by atoms with Crippen molar-refractivity contribution in [1.29, 1.82) is 0 Å². The summed E-state index contributed by atoms with van der Waals surface area (Å²) in [5.74, 6) is -0.0131. The molecule has 2 aromatic heterocycles. The lowest BCUT2D eigenvalue weighted by atomic mass is 10.1. The minimum atomic E-state index is -0.0131. The Labute approximate surface area is 164 Å². The Morgan fingerprint density at radius 2 is 2.07 bits per heavy atom. The smallest absolute Gasteiger partial charge is 0.246 e. The normalized spacial score (nSPS) is 16.8. The molecule has 1 atom stereocenters. The Morgan fingerprint density at radius 3 is 2.79 bits per heavy atom. The van der Waals surface area contributed by atoms with Crippen molar-refractivity contribution in [3.63, 3.8) is 0 Å². The average Bonchev–Trinajstić information content (AvgIpc) is 3.34. The predicted molar refractivity (Wildman–Crippen MR) is 109 cm³/mol. The number of nitrogens with two attached hydrogens (primary N) is 1. The van der Waals surface area contributed by atoms with E-state index in [0.29, 0.717) is 19.6 Å². The zero-order chi connectivity index (χ0) is 19.3. The largest absolute Gasteiger partial charge is 0.338 e. The molecule has 1 aliphatic heterocycles. The van der Waals surface area contributed by atoms with Gasteiger partial charge >= 0.3 is 0 Å². The maximum atomic E-state index is 12.5. The van der Waals surface area contributed by atoms with Crippen molar-refractivity contribution in [3.05, 3.63) is 78.3 Å². The number of hydrogen-bond donors (Lipinski definition) is 1. The molecular formula is C22H23N5O. The number of aromatic nitrogens is 3. The van der Waals surface area contributed by atoms with Gasteiger partial charge in [0.1, 0.15) is 5.69 Å². The molecule has 1 saturated heterocycles. The number of hydrogen-bond acceptors (Lipinski definition) is 4. The van der Waals surface area contributed by atoms with Crippen LogP contribution < -0.4 is 5.73 Å². The summed E-state index contributed by atoms with van der Waals surface area (Å²) >= 11 is 0. The molecule has 0 bridgehead atoms. The fraction of sp³-hybridized carbons (Fsp3) is 0.227. The van der Waals surface area contributed by atoms with Crippen LogP contribution in [-0.2, 0) is 11.3 Å². The molecule has 0 spiro atoms. The van der Waals surface area contributed by atoms with E-state index in [4.69, 9.17) is 10.8 Å². The highest BCUT2D eigenvalue weighted by atomic mass is 16.2. The summed E-state index contributed by atoms with van der Waals surface area (Å²) in [6.45, 7) is 2.00. The fourth-order valence-electron chi connectivity index (χ4n) is 3.39. The first-order valence-electron chi connectivity index (χ1n) is 9.43. The van der Waals surface area contributed by atoms with E-state index in [1.54, 1.807) is 23.4 Å². The molecule has 0 saturated carbocycles. The SMILES string of the molecule is N[C@@H]1CCN(C(=O)/C=C/c2cn(Cc3ccccc3)nc2-c2cccnc2)C1. The molecule has 0 radical (unpaired) electrons. The average molecular weight is 373 g/mol. The van der Waals surface area contributed by atoms with Crippen molar-refractivity contribution in [2.45, 2.75) is 19.0 Å². The minimum Gasteiger partial charge on any atom is -0.338 e. The maximum absolute atomic E-state index is 12.5. The maximum Gasteiger partial charge on any atom is 0.246 e.